The summed E-state index contributed by atoms with van der Waals surface area (Å²) in [7, 11) is 3.22. The molecule has 1 aromatic rings. The molecule has 0 unspecified atom stereocenters. The maximum Gasteiger partial charge on any atom is 0.224 e. The average Bonchev–Trinajstić information content (AvgIpc) is 3.09. The summed E-state index contributed by atoms with van der Waals surface area (Å²) in [6.07, 6.45) is 5.87. The van der Waals surface area contributed by atoms with Gasteiger partial charge in [-0.25, -0.2) is 0 Å². The minimum Gasteiger partial charge on any atom is -0.497 e. The molecule has 3 atom stereocenters. The largest absolute Gasteiger partial charge is 0.497 e. The lowest BCUT2D eigenvalue weighted by atomic mass is 9.86. The van der Waals surface area contributed by atoms with Crippen LogP contribution in [0.3, 0.4) is 0 Å². The second-order valence-electron chi connectivity index (χ2n) is 6.25. The van der Waals surface area contributed by atoms with Gasteiger partial charge in [0, 0.05) is 12.5 Å². The minimum atomic E-state index is 0.0825. The second kappa shape index (κ2) is 5.96. The molecule has 1 amide bonds. The summed E-state index contributed by atoms with van der Waals surface area (Å²) >= 11 is 0. The first kappa shape index (κ1) is 14.2. The summed E-state index contributed by atoms with van der Waals surface area (Å²) in [5.74, 6) is 3.68. The second-order valence-corrected chi connectivity index (χ2v) is 6.25. The van der Waals surface area contributed by atoms with Gasteiger partial charge in [-0.1, -0.05) is 6.42 Å². The fourth-order valence-corrected chi connectivity index (χ4v) is 3.98. The van der Waals surface area contributed by atoms with E-state index in [0.29, 0.717) is 29.5 Å². The minimum absolute atomic E-state index is 0.0825. The molecule has 0 spiro atoms. The summed E-state index contributed by atoms with van der Waals surface area (Å²) < 4.78 is 10.5. The van der Waals surface area contributed by atoms with Crippen LogP contribution < -0.4 is 14.8 Å². The van der Waals surface area contributed by atoms with Gasteiger partial charge in [-0.15, -0.1) is 0 Å². The number of carbonyl (C=O) groups excluding carboxylic acids is 1. The van der Waals surface area contributed by atoms with E-state index in [1.807, 2.05) is 12.1 Å². The topological polar surface area (TPSA) is 47.6 Å². The van der Waals surface area contributed by atoms with Crippen LogP contribution >= 0.6 is 0 Å². The zero-order chi connectivity index (χ0) is 14.8. The number of hydrogen-bond donors (Lipinski definition) is 1. The first-order valence-corrected chi connectivity index (χ1v) is 7.71. The highest BCUT2D eigenvalue weighted by Gasteiger charge is 2.40. The molecule has 4 heteroatoms. The molecule has 0 aliphatic heterocycles. The zero-order valence-electron chi connectivity index (χ0n) is 12.7. The Labute approximate surface area is 125 Å². The third-order valence-electron chi connectivity index (χ3n) is 5.01. The number of hydrogen-bond acceptors (Lipinski definition) is 3. The zero-order valence-corrected chi connectivity index (χ0v) is 12.7. The number of carbonyl (C=O) groups is 1. The number of benzene rings is 1. The van der Waals surface area contributed by atoms with E-state index < -0.39 is 0 Å². The van der Waals surface area contributed by atoms with Crippen molar-refractivity contribution in [3.05, 3.63) is 18.2 Å². The normalized spacial score (nSPS) is 26.7. The molecule has 0 saturated heterocycles. The van der Waals surface area contributed by atoms with Crippen molar-refractivity contribution >= 4 is 11.6 Å². The third-order valence-corrected chi connectivity index (χ3v) is 5.01. The van der Waals surface area contributed by atoms with Gasteiger partial charge in [0.05, 0.1) is 19.9 Å². The van der Waals surface area contributed by atoms with Gasteiger partial charge < -0.3 is 14.8 Å². The van der Waals surface area contributed by atoms with Crippen LogP contribution in [0.15, 0.2) is 18.2 Å². The molecule has 3 rings (SSSR count). The molecule has 1 aromatic carbocycles. The predicted octanol–water partition coefficient (Wildman–Crippen LogP) is 3.47. The van der Waals surface area contributed by atoms with Crippen molar-refractivity contribution in [2.75, 3.05) is 19.5 Å². The van der Waals surface area contributed by atoms with E-state index in [2.05, 4.69) is 5.32 Å². The lowest BCUT2D eigenvalue weighted by molar-refractivity contribution is -0.117. The van der Waals surface area contributed by atoms with Gasteiger partial charge in [0.2, 0.25) is 5.91 Å². The van der Waals surface area contributed by atoms with Gasteiger partial charge in [0.25, 0.3) is 0 Å². The van der Waals surface area contributed by atoms with Crippen molar-refractivity contribution < 1.29 is 14.3 Å². The summed E-state index contributed by atoms with van der Waals surface area (Å²) in [5.41, 5.74) is 0.685. The van der Waals surface area contributed by atoms with Crippen LogP contribution in [0.1, 0.15) is 32.1 Å². The molecule has 2 saturated carbocycles. The molecule has 2 aliphatic rings. The molecular weight excluding hydrogens is 266 g/mol. The van der Waals surface area contributed by atoms with E-state index in [-0.39, 0.29) is 5.91 Å². The van der Waals surface area contributed by atoms with Crippen LogP contribution in [0, 0.1) is 17.8 Å². The fraction of sp³-hybridized carbons (Fsp3) is 0.588. The number of ether oxygens (including phenoxy) is 2. The standard InChI is InChI=1S/C17H23NO3/c1-20-14-5-6-16(21-2)15(10-14)18-17(19)9-13-8-11-3-4-12(13)7-11/h5-6,10-13H,3-4,7-9H2,1-2H3,(H,18,19)/t11-,12+,13+/m0/s1. The highest BCUT2D eigenvalue weighted by atomic mass is 16.5. The van der Waals surface area contributed by atoms with Gasteiger partial charge in [0.1, 0.15) is 11.5 Å². The van der Waals surface area contributed by atoms with Crippen LogP contribution in [-0.4, -0.2) is 20.1 Å². The molecule has 114 valence electrons. The number of nitrogens with one attached hydrogen (secondary N) is 1. The van der Waals surface area contributed by atoms with Gasteiger partial charge in [-0.3, -0.25) is 4.79 Å². The smallest absolute Gasteiger partial charge is 0.224 e. The number of fused-ring (bicyclic) bond motifs is 2. The highest BCUT2D eigenvalue weighted by Crippen LogP contribution is 2.49. The predicted molar refractivity (Wildman–Crippen MR) is 81.7 cm³/mol. The molecule has 1 N–H and O–H groups in total. The molecule has 0 heterocycles. The quantitative estimate of drug-likeness (QED) is 0.903. The monoisotopic (exact) mass is 289 g/mol. The van der Waals surface area contributed by atoms with Gasteiger partial charge >= 0.3 is 0 Å². The molecule has 2 bridgehead atoms. The molecule has 21 heavy (non-hydrogen) atoms. The third kappa shape index (κ3) is 2.99. The Morgan fingerprint density at radius 3 is 2.71 bits per heavy atom. The van der Waals surface area contributed by atoms with Crippen molar-refractivity contribution in [2.45, 2.75) is 32.1 Å². The van der Waals surface area contributed by atoms with Crippen LogP contribution in [-0.2, 0) is 4.79 Å². The first-order valence-electron chi connectivity index (χ1n) is 7.71. The number of rotatable bonds is 5. The fourth-order valence-electron chi connectivity index (χ4n) is 3.98. The van der Waals surface area contributed by atoms with E-state index in [9.17, 15) is 4.79 Å². The van der Waals surface area contributed by atoms with Crippen LogP contribution in [0.2, 0.25) is 0 Å². The lowest BCUT2D eigenvalue weighted by Crippen LogP contribution is -2.20. The molecular formula is C17H23NO3. The SMILES string of the molecule is COc1ccc(OC)c(NC(=O)C[C@H]2C[C@H]3CC[C@@H]2C3)c1. The molecule has 2 fully saturated rings. The van der Waals surface area contributed by atoms with Crippen LogP contribution in [0.4, 0.5) is 5.69 Å². The highest BCUT2D eigenvalue weighted by molar-refractivity contribution is 5.92. The van der Waals surface area contributed by atoms with Gasteiger partial charge in [-0.05, 0) is 49.1 Å². The molecule has 2 aliphatic carbocycles. The summed E-state index contributed by atoms with van der Waals surface area (Å²) in [6, 6.07) is 5.44. The van der Waals surface area contributed by atoms with Gasteiger partial charge in [-0.2, -0.15) is 0 Å². The molecule has 0 aromatic heterocycles. The van der Waals surface area contributed by atoms with E-state index in [0.717, 1.165) is 11.8 Å². The van der Waals surface area contributed by atoms with Crippen LogP contribution in [0.25, 0.3) is 0 Å². The maximum atomic E-state index is 12.3. The Morgan fingerprint density at radius 1 is 1.24 bits per heavy atom. The number of anilines is 1. The van der Waals surface area contributed by atoms with E-state index in [4.69, 9.17) is 9.47 Å². The maximum absolute atomic E-state index is 12.3. The Bertz CT molecular complexity index is 529. The Hall–Kier alpha value is -1.71. The Morgan fingerprint density at radius 2 is 2.10 bits per heavy atom. The van der Waals surface area contributed by atoms with Crippen molar-refractivity contribution in [3.63, 3.8) is 0 Å². The Balaban J connectivity index is 1.64. The van der Waals surface area contributed by atoms with E-state index >= 15 is 0 Å². The molecule has 4 nitrogen and oxygen atoms in total. The summed E-state index contributed by atoms with van der Waals surface area (Å²) in [4.78, 5) is 12.3. The molecule has 0 radical (unpaired) electrons. The first-order chi connectivity index (χ1) is 10.2. The Kier molecular flexibility index (Phi) is 4.04. The summed E-state index contributed by atoms with van der Waals surface area (Å²) in [6.45, 7) is 0. The van der Waals surface area contributed by atoms with Gasteiger partial charge in [0.15, 0.2) is 0 Å². The average molecular weight is 289 g/mol. The number of methoxy groups -OCH3 is 2. The van der Waals surface area contributed by atoms with Crippen LogP contribution in [0.5, 0.6) is 11.5 Å². The van der Waals surface area contributed by atoms with E-state index in [1.165, 1.54) is 25.7 Å². The number of amides is 1. The summed E-state index contributed by atoms with van der Waals surface area (Å²) in [5, 5.41) is 2.98. The van der Waals surface area contributed by atoms with Crippen molar-refractivity contribution in [3.8, 4) is 11.5 Å². The van der Waals surface area contributed by atoms with E-state index in [1.54, 1.807) is 20.3 Å². The van der Waals surface area contributed by atoms with Crippen molar-refractivity contribution in [1.29, 1.82) is 0 Å². The van der Waals surface area contributed by atoms with Crippen molar-refractivity contribution in [1.82, 2.24) is 0 Å². The van der Waals surface area contributed by atoms with Crippen molar-refractivity contribution in [2.24, 2.45) is 17.8 Å². The lowest BCUT2D eigenvalue weighted by Gasteiger charge is -2.21.